The van der Waals surface area contributed by atoms with Crippen molar-refractivity contribution >= 4 is 50.7 Å². The topological polar surface area (TPSA) is 86.8 Å². The quantitative estimate of drug-likeness (QED) is 0.186. The number of nitrogens with one attached hydrogen (secondary N) is 1. The van der Waals surface area contributed by atoms with E-state index in [0.717, 1.165) is 35.8 Å². The van der Waals surface area contributed by atoms with Crippen molar-refractivity contribution in [2.24, 2.45) is 0 Å². The predicted molar refractivity (Wildman–Crippen MR) is 176 cm³/mol. The molecule has 1 unspecified atom stereocenters. The van der Waals surface area contributed by atoms with Gasteiger partial charge in [-0.15, -0.1) is 0 Å². The maximum atomic E-state index is 14.0. The first-order valence-electron chi connectivity index (χ1n) is 14.5. The van der Waals surface area contributed by atoms with Gasteiger partial charge < -0.3 is 10.2 Å². The maximum Gasteiger partial charge on any atom is 0.243 e. The molecule has 0 radical (unpaired) electrons. The highest BCUT2D eigenvalue weighted by atomic mass is 35.5. The molecule has 0 spiro atoms. The first-order chi connectivity index (χ1) is 20.4. The molecule has 0 saturated heterocycles. The highest BCUT2D eigenvalue weighted by molar-refractivity contribution is 7.92. The zero-order valence-corrected chi connectivity index (χ0v) is 27.6. The second-order valence-electron chi connectivity index (χ2n) is 10.9. The van der Waals surface area contributed by atoms with Crippen molar-refractivity contribution in [3.63, 3.8) is 0 Å². The van der Waals surface area contributed by atoms with E-state index in [1.54, 1.807) is 23.1 Å². The second kappa shape index (κ2) is 16.1. The summed E-state index contributed by atoms with van der Waals surface area (Å²) >= 11 is 12.6. The number of unbranched alkanes of at least 4 members (excludes halogenated alkanes) is 1. The molecule has 1 N–H and O–H groups in total. The molecular weight excluding hydrogens is 605 g/mol. The number of aryl methyl sites for hydroxylation is 2. The fraction of sp³-hybridized carbons (Fsp3) is 0.394. The number of carbonyl (C=O) groups excluding carboxylic acids is 2. The van der Waals surface area contributed by atoms with Crippen LogP contribution in [-0.4, -0.2) is 50.5 Å². The average molecular weight is 647 g/mol. The number of anilines is 1. The molecular formula is C33H41Cl2N3O4S. The second-order valence-corrected chi connectivity index (χ2v) is 13.6. The standard InChI is InChI=1S/C33H41Cl2N3O4S/c1-5-6-16-36-33(40)31(21-26-11-8-7-9-12-26)37(23-27-14-15-28(34)22-30(27)35)32(39)13-10-17-38(43(4,41)42)29-19-24(2)18-25(3)20-29/h7-9,11-12,14-15,18-20,22,31H,5-6,10,13,16-17,21,23H2,1-4H3,(H,36,40). The van der Waals surface area contributed by atoms with E-state index in [2.05, 4.69) is 5.32 Å². The number of rotatable bonds is 15. The van der Waals surface area contributed by atoms with Gasteiger partial charge >= 0.3 is 0 Å². The smallest absolute Gasteiger partial charge is 0.243 e. The molecule has 1 atom stereocenters. The zero-order valence-electron chi connectivity index (χ0n) is 25.3. The van der Waals surface area contributed by atoms with E-state index >= 15 is 0 Å². The Balaban J connectivity index is 1.91. The van der Waals surface area contributed by atoms with Gasteiger partial charge in [0.15, 0.2) is 0 Å². The van der Waals surface area contributed by atoms with E-state index in [9.17, 15) is 18.0 Å². The lowest BCUT2D eigenvalue weighted by atomic mass is 10.0. The minimum Gasteiger partial charge on any atom is -0.354 e. The number of carbonyl (C=O) groups is 2. The van der Waals surface area contributed by atoms with Crippen LogP contribution in [0.1, 0.15) is 54.9 Å². The van der Waals surface area contributed by atoms with Crippen molar-refractivity contribution in [3.05, 3.63) is 99.0 Å². The van der Waals surface area contributed by atoms with Gasteiger partial charge in [-0.3, -0.25) is 13.9 Å². The fourth-order valence-corrected chi connectivity index (χ4v) is 6.41. The normalized spacial score (nSPS) is 12.0. The Hall–Kier alpha value is -3.07. The molecule has 0 aliphatic carbocycles. The molecule has 0 aromatic heterocycles. The number of nitrogens with zero attached hydrogens (tertiary/aromatic N) is 2. The van der Waals surface area contributed by atoms with E-state index in [-0.39, 0.29) is 37.7 Å². The first-order valence-corrected chi connectivity index (χ1v) is 17.1. The lowest BCUT2D eigenvalue weighted by molar-refractivity contribution is -0.141. The van der Waals surface area contributed by atoms with Crippen molar-refractivity contribution in [2.45, 2.75) is 65.5 Å². The Labute approximate surface area is 266 Å². The van der Waals surface area contributed by atoms with Gasteiger partial charge in [0.25, 0.3) is 0 Å². The third-order valence-electron chi connectivity index (χ3n) is 7.10. The monoisotopic (exact) mass is 645 g/mol. The lowest BCUT2D eigenvalue weighted by Crippen LogP contribution is -2.50. The van der Waals surface area contributed by atoms with E-state index in [1.807, 2.05) is 69.3 Å². The molecule has 3 aromatic carbocycles. The molecule has 0 heterocycles. The SMILES string of the molecule is CCCCNC(=O)C(Cc1ccccc1)N(Cc1ccc(Cl)cc1Cl)C(=O)CCCN(c1cc(C)cc(C)c1)S(C)(=O)=O. The molecule has 232 valence electrons. The van der Waals surface area contributed by atoms with E-state index in [4.69, 9.17) is 23.2 Å². The van der Waals surface area contributed by atoms with Crippen LogP contribution >= 0.6 is 23.2 Å². The minimum absolute atomic E-state index is 0.0373. The summed E-state index contributed by atoms with van der Waals surface area (Å²) in [6, 6.07) is 19.4. The number of sulfonamides is 1. The van der Waals surface area contributed by atoms with Gasteiger partial charge in [0.2, 0.25) is 21.8 Å². The van der Waals surface area contributed by atoms with Crippen LogP contribution in [0.15, 0.2) is 66.7 Å². The van der Waals surface area contributed by atoms with Crippen LogP contribution in [0.2, 0.25) is 10.0 Å². The Morgan fingerprint density at radius 1 is 0.930 bits per heavy atom. The minimum atomic E-state index is -3.60. The van der Waals surface area contributed by atoms with Gasteiger partial charge in [0.05, 0.1) is 11.9 Å². The Morgan fingerprint density at radius 3 is 2.21 bits per heavy atom. The Bertz CT molecular complexity index is 1480. The molecule has 3 rings (SSSR count). The number of hydrogen-bond acceptors (Lipinski definition) is 4. The van der Waals surface area contributed by atoms with Crippen LogP contribution in [0, 0.1) is 13.8 Å². The van der Waals surface area contributed by atoms with Gasteiger partial charge in [0, 0.05) is 42.5 Å². The number of hydrogen-bond donors (Lipinski definition) is 1. The van der Waals surface area contributed by atoms with Crippen LogP contribution in [0.3, 0.4) is 0 Å². The van der Waals surface area contributed by atoms with Gasteiger partial charge in [-0.1, -0.05) is 79.0 Å². The maximum absolute atomic E-state index is 14.0. The van der Waals surface area contributed by atoms with Crippen LogP contribution in [-0.2, 0) is 32.6 Å². The largest absolute Gasteiger partial charge is 0.354 e. The van der Waals surface area contributed by atoms with Crippen LogP contribution in [0.4, 0.5) is 5.69 Å². The number of benzene rings is 3. The van der Waals surface area contributed by atoms with Crippen molar-refractivity contribution in [1.29, 1.82) is 0 Å². The number of halogens is 2. The number of amides is 2. The molecule has 0 aliphatic rings. The van der Waals surface area contributed by atoms with E-state index < -0.39 is 16.1 Å². The van der Waals surface area contributed by atoms with Gasteiger partial charge in [-0.25, -0.2) is 8.42 Å². The molecule has 0 aliphatic heterocycles. The molecule has 3 aromatic rings. The Morgan fingerprint density at radius 2 is 1.60 bits per heavy atom. The van der Waals surface area contributed by atoms with E-state index in [0.29, 0.717) is 34.3 Å². The summed E-state index contributed by atoms with van der Waals surface area (Å²) in [5.74, 6) is -0.518. The molecule has 0 saturated carbocycles. The van der Waals surface area contributed by atoms with Crippen molar-refractivity contribution < 1.29 is 18.0 Å². The molecule has 43 heavy (non-hydrogen) atoms. The summed E-state index contributed by atoms with van der Waals surface area (Å²) in [6.07, 6.45) is 3.52. The van der Waals surface area contributed by atoms with Crippen molar-refractivity contribution in [2.75, 3.05) is 23.7 Å². The van der Waals surface area contributed by atoms with Gasteiger partial charge in [-0.2, -0.15) is 0 Å². The summed E-state index contributed by atoms with van der Waals surface area (Å²) < 4.78 is 26.8. The highest BCUT2D eigenvalue weighted by Gasteiger charge is 2.31. The van der Waals surface area contributed by atoms with Crippen LogP contribution in [0.25, 0.3) is 0 Å². The zero-order chi connectivity index (χ0) is 31.6. The molecule has 2 amide bonds. The van der Waals surface area contributed by atoms with E-state index in [1.165, 1.54) is 4.31 Å². The van der Waals surface area contributed by atoms with Crippen molar-refractivity contribution in [1.82, 2.24) is 10.2 Å². The highest BCUT2D eigenvalue weighted by Crippen LogP contribution is 2.26. The average Bonchev–Trinajstić information content (AvgIpc) is 2.93. The van der Waals surface area contributed by atoms with Crippen molar-refractivity contribution in [3.8, 4) is 0 Å². The van der Waals surface area contributed by atoms with Gasteiger partial charge in [0.1, 0.15) is 6.04 Å². The third kappa shape index (κ3) is 10.6. The summed E-state index contributed by atoms with van der Waals surface area (Å²) in [6.45, 7) is 6.60. The summed E-state index contributed by atoms with van der Waals surface area (Å²) in [5.41, 5.74) is 4.03. The molecule has 0 bridgehead atoms. The third-order valence-corrected chi connectivity index (χ3v) is 8.88. The molecule has 10 heteroatoms. The van der Waals surface area contributed by atoms with Gasteiger partial charge in [-0.05, 0) is 73.2 Å². The van der Waals surface area contributed by atoms with Crippen LogP contribution in [0.5, 0.6) is 0 Å². The van der Waals surface area contributed by atoms with Crippen LogP contribution < -0.4 is 9.62 Å². The first kappa shape index (κ1) is 34.4. The summed E-state index contributed by atoms with van der Waals surface area (Å²) in [5, 5.41) is 3.87. The molecule has 0 fully saturated rings. The molecule has 7 nitrogen and oxygen atoms in total. The summed E-state index contributed by atoms with van der Waals surface area (Å²) in [4.78, 5) is 29.2. The summed E-state index contributed by atoms with van der Waals surface area (Å²) in [7, 11) is -3.60. The fourth-order valence-electron chi connectivity index (χ4n) is 4.99. The Kier molecular flexibility index (Phi) is 12.9. The predicted octanol–water partition coefficient (Wildman–Crippen LogP) is 6.71. The lowest BCUT2D eigenvalue weighted by Gasteiger charge is -2.32.